The third-order valence-corrected chi connectivity index (χ3v) is 14.0. The van der Waals surface area contributed by atoms with Gasteiger partial charge in [-0.2, -0.15) is 10.4 Å². The number of aryl methyl sites for hydroxylation is 1. The maximum atomic E-state index is 12.7. The van der Waals surface area contributed by atoms with Crippen molar-refractivity contribution in [1.29, 1.82) is 5.26 Å². The summed E-state index contributed by atoms with van der Waals surface area (Å²) in [6.45, 7) is 4.32. The molecule has 2 aliphatic carbocycles. The zero-order valence-electron chi connectivity index (χ0n) is 27.2. The normalized spacial score (nSPS) is 25.6. The van der Waals surface area contributed by atoms with Gasteiger partial charge in [-0.25, -0.2) is 23.1 Å². The van der Waals surface area contributed by atoms with Crippen molar-refractivity contribution in [3.05, 3.63) is 33.5 Å². The number of aromatic nitrogens is 5. The Balaban J connectivity index is 1.29. The SMILES string of the molecule is CC(C1CCCN1C)n1ncc2c(N3CCCC(S(C)(=O)=O)C3)nc(-c3noc4c3CCCC43CCCc4sc(N)c(C#N)c43)nc21. The van der Waals surface area contributed by atoms with Gasteiger partial charge in [0.05, 0.1) is 33.9 Å². The van der Waals surface area contributed by atoms with E-state index in [0.29, 0.717) is 53.5 Å². The summed E-state index contributed by atoms with van der Waals surface area (Å²) >= 11 is 1.53. The van der Waals surface area contributed by atoms with Gasteiger partial charge in [0.1, 0.15) is 16.9 Å². The molecule has 0 amide bonds. The van der Waals surface area contributed by atoms with E-state index in [1.807, 2.05) is 10.9 Å². The molecule has 4 aliphatic rings. The van der Waals surface area contributed by atoms with Crippen LogP contribution >= 0.6 is 11.3 Å². The van der Waals surface area contributed by atoms with E-state index in [1.54, 1.807) is 0 Å². The minimum atomic E-state index is -3.23. The second-order valence-corrected chi connectivity index (χ2v) is 17.5. The molecule has 8 rings (SSSR count). The zero-order valence-corrected chi connectivity index (χ0v) is 28.8. The van der Waals surface area contributed by atoms with Crippen LogP contribution in [0.4, 0.5) is 10.8 Å². The first-order valence-electron chi connectivity index (χ1n) is 16.8. The van der Waals surface area contributed by atoms with Crippen molar-refractivity contribution in [2.45, 2.75) is 93.9 Å². The fraction of sp³-hybridized carbons (Fsp3) is 0.606. The Labute approximate surface area is 278 Å². The van der Waals surface area contributed by atoms with Crippen molar-refractivity contribution in [2.24, 2.45) is 0 Å². The molecule has 6 heterocycles. The van der Waals surface area contributed by atoms with Gasteiger partial charge in [-0.05, 0) is 90.3 Å². The van der Waals surface area contributed by atoms with Gasteiger partial charge in [-0.1, -0.05) is 5.16 Å². The van der Waals surface area contributed by atoms with E-state index >= 15 is 0 Å². The van der Waals surface area contributed by atoms with Gasteiger partial charge in [-0.3, -0.25) is 0 Å². The fourth-order valence-electron chi connectivity index (χ4n) is 8.96. The summed E-state index contributed by atoms with van der Waals surface area (Å²) in [5.74, 6) is 1.96. The maximum absolute atomic E-state index is 12.7. The van der Waals surface area contributed by atoms with E-state index in [0.717, 1.165) is 92.3 Å². The summed E-state index contributed by atoms with van der Waals surface area (Å²) in [6, 6.07) is 2.80. The zero-order chi connectivity index (χ0) is 32.7. The van der Waals surface area contributed by atoms with Crippen molar-refractivity contribution in [1.82, 2.24) is 29.8 Å². The summed E-state index contributed by atoms with van der Waals surface area (Å²) in [4.78, 5) is 16.0. The largest absolute Gasteiger partial charge is 0.389 e. The van der Waals surface area contributed by atoms with Crippen LogP contribution in [-0.4, -0.2) is 82.5 Å². The number of sulfone groups is 1. The molecule has 4 aromatic heterocycles. The van der Waals surface area contributed by atoms with Crippen LogP contribution in [0.3, 0.4) is 0 Å². The van der Waals surface area contributed by atoms with Gasteiger partial charge in [0.2, 0.25) is 0 Å². The highest BCUT2D eigenvalue weighted by Crippen LogP contribution is 2.55. The maximum Gasteiger partial charge on any atom is 0.186 e. The molecule has 4 atom stereocenters. The summed E-state index contributed by atoms with van der Waals surface area (Å²) in [5.41, 5.74) is 9.86. The number of fused-ring (bicyclic) bond motifs is 5. The van der Waals surface area contributed by atoms with E-state index in [4.69, 9.17) is 25.3 Å². The van der Waals surface area contributed by atoms with Crippen molar-refractivity contribution in [2.75, 3.05) is 43.6 Å². The van der Waals surface area contributed by atoms with Crippen LogP contribution in [0, 0.1) is 11.3 Å². The number of hydrogen-bond donors (Lipinski definition) is 1. The summed E-state index contributed by atoms with van der Waals surface area (Å²) < 4.78 is 33.7. The second kappa shape index (κ2) is 11.3. The highest BCUT2D eigenvalue weighted by molar-refractivity contribution is 7.91. The van der Waals surface area contributed by atoms with E-state index in [1.165, 1.54) is 22.5 Å². The minimum absolute atomic E-state index is 0.0735. The van der Waals surface area contributed by atoms with Crippen molar-refractivity contribution in [3.8, 4) is 17.6 Å². The van der Waals surface area contributed by atoms with Gasteiger partial charge in [-0.15, -0.1) is 11.3 Å². The number of nitriles is 1. The lowest BCUT2D eigenvalue weighted by Gasteiger charge is -2.39. The standard InChI is InChI=1S/C33H41N9O3S2/c1-19(24-10-7-14-40(24)2)42-32-23(17-36-42)31(41-15-6-8-20(18-41)47(3,43)44)37-30(38-32)27-21-9-4-12-33(28(21)45-39-27)13-5-11-25-26(33)22(16-34)29(35)46-25/h17,19-20,24H,4-15,18,35H2,1-3H3. The first kappa shape index (κ1) is 30.8. The number of likely N-dealkylation sites (N-methyl/N-ethyl adjacent to an activating group) is 1. The minimum Gasteiger partial charge on any atom is -0.389 e. The van der Waals surface area contributed by atoms with E-state index in [-0.39, 0.29) is 6.04 Å². The highest BCUT2D eigenvalue weighted by atomic mass is 32.2. The second-order valence-electron chi connectivity index (χ2n) is 14.0. The van der Waals surface area contributed by atoms with Crippen molar-refractivity contribution < 1.29 is 12.9 Å². The average molecular weight is 676 g/mol. The van der Waals surface area contributed by atoms with E-state index in [9.17, 15) is 13.7 Å². The number of nitrogens with two attached hydrogens (primary N) is 1. The average Bonchev–Trinajstić information content (AvgIpc) is 3.85. The predicted molar refractivity (Wildman–Crippen MR) is 181 cm³/mol. The molecule has 2 aliphatic heterocycles. The van der Waals surface area contributed by atoms with E-state index < -0.39 is 20.5 Å². The predicted octanol–water partition coefficient (Wildman–Crippen LogP) is 4.62. The topological polar surface area (TPSA) is 160 Å². The van der Waals surface area contributed by atoms with Crippen LogP contribution in [0.25, 0.3) is 22.6 Å². The fourth-order valence-corrected chi connectivity index (χ4v) is 11.2. The van der Waals surface area contributed by atoms with Gasteiger partial charge in [0.25, 0.3) is 0 Å². The molecular weight excluding hydrogens is 635 g/mol. The summed E-state index contributed by atoms with van der Waals surface area (Å²) in [5, 5.41) is 20.6. The first-order valence-corrected chi connectivity index (χ1v) is 19.6. The number of hydrogen-bond acceptors (Lipinski definition) is 12. The number of nitrogen functional groups attached to an aromatic ring is 1. The van der Waals surface area contributed by atoms with E-state index in [2.05, 4.69) is 35.0 Å². The molecule has 0 aromatic carbocycles. The van der Waals surface area contributed by atoms with Crippen LogP contribution in [0.2, 0.25) is 0 Å². The molecule has 4 unspecified atom stereocenters. The molecule has 1 spiro atoms. The number of rotatable bonds is 5. The molecule has 47 heavy (non-hydrogen) atoms. The number of piperidine rings is 1. The summed E-state index contributed by atoms with van der Waals surface area (Å²) in [7, 11) is -1.06. The smallest absolute Gasteiger partial charge is 0.186 e. The van der Waals surface area contributed by atoms with Crippen molar-refractivity contribution >= 4 is 43.0 Å². The Kier molecular flexibility index (Phi) is 7.38. The Morgan fingerprint density at radius 3 is 2.68 bits per heavy atom. The Morgan fingerprint density at radius 1 is 1.15 bits per heavy atom. The molecule has 14 heteroatoms. The number of likely N-dealkylation sites (tertiary alicyclic amines) is 1. The Bertz CT molecular complexity index is 2020. The lowest BCUT2D eigenvalue weighted by atomic mass is 9.63. The molecule has 2 N–H and O–H groups in total. The molecule has 4 aromatic rings. The summed E-state index contributed by atoms with van der Waals surface area (Å²) in [6.07, 6.45) is 12.1. The van der Waals surface area contributed by atoms with Crippen LogP contribution in [0.15, 0.2) is 10.7 Å². The van der Waals surface area contributed by atoms with Crippen LogP contribution in [0.1, 0.15) is 91.7 Å². The van der Waals surface area contributed by atoms with Crippen LogP contribution in [-0.2, 0) is 28.1 Å². The van der Waals surface area contributed by atoms with Crippen molar-refractivity contribution in [3.63, 3.8) is 0 Å². The van der Waals surface area contributed by atoms with Gasteiger partial charge >= 0.3 is 0 Å². The Hall–Kier alpha value is -3.54. The molecule has 0 bridgehead atoms. The Morgan fingerprint density at radius 2 is 1.94 bits per heavy atom. The van der Waals surface area contributed by atoms with Crippen LogP contribution < -0.4 is 10.6 Å². The quantitative estimate of drug-likeness (QED) is 0.314. The number of nitrogens with zero attached hydrogens (tertiary/aromatic N) is 8. The third-order valence-electron chi connectivity index (χ3n) is 11.3. The number of anilines is 2. The molecule has 0 saturated carbocycles. The first-order chi connectivity index (χ1) is 22.6. The molecule has 2 saturated heterocycles. The molecular formula is C33H41N9O3S2. The number of thiophene rings is 1. The van der Waals surface area contributed by atoms with Gasteiger partial charge in [0, 0.05) is 35.8 Å². The van der Waals surface area contributed by atoms with Gasteiger partial charge in [0.15, 0.2) is 32.8 Å². The lowest BCUT2D eigenvalue weighted by Crippen LogP contribution is -2.42. The highest BCUT2D eigenvalue weighted by Gasteiger charge is 2.49. The molecule has 12 nitrogen and oxygen atoms in total. The van der Waals surface area contributed by atoms with Crippen LogP contribution in [0.5, 0.6) is 0 Å². The third kappa shape index (κ3) is 4.79. The van der Waals surface area contributed by atoms with Gasteiger partial charge < -0.3 is 20.1 Å². The monoisotopic (exact) mass is 675 g/mol. The molecule has 248 valence electrons. The molecule has 0 radical (unpaired) electrons. The lowest BCUT2D eigenvalue weighted by molar-refractivity contribution is 0.232. The molecule has 2 fully saturated rings.